The SMILES string of the molecule is COc1c(C)cc(C)cc1/C(O)=C1\C(=O)C(=O)N(c2cccc(F)c2)C1c1ccc(F)cc1. The Balaban J connectivity index is 2.01. The molecule has 1 amide bonds. The summed E-state index contributed by atoms with van der Waals surface area (Å²) in [6.45, 7) is 3.62. The second-order valence-corrected chi connectivity index (χ2v) is 7.86. The first-order valence-corrected chi connectivity index (χ1v) is 10.2. The van der Waals surface area contributed by atoms with Crippen LogP contribution in [-0.4, -0.2) is 23.9 Å². The predicted octanol–water partition coefficient (Wildman–Crippen LogP) is 5.22. The minimum absolute atomic E-state index is 0.137. The summed E-state index contributed by atoms with van der Waals surface area (Å²) in [5.74, 6) is -3.04. The highest BCUT2D eigenvalue weighted by Gasteiger charge is 2.47. The number of carbonyl (C=O) groups is 2. The van der Waals surface area contributed by atoms with Crippen LogP contribution < -0.4 is 9.64 Å². The molecule has 0 saturated carbocycles. The van der Waals surface area contributed by atoms with Crippen molar-refractivity contribution in [1.82, 2.24) is 0 Å². The van der Waals surface area contributed by atoms with Gasteiger partial charge in [0.05, 0.1) is 24.3 Å². The summed E-state index contributed by atoms with van der Waals surface area (Å²) >= 11 is 0. The highest BCUT2D eigenvalue weighted by Crippen LogP contribution is 2.44. The van der Waals surface area contributed by atoms with E-state index in [2.05, 4.69) is 0 Å². The number of aliphatic hydroxyl groups is 1. The lowest BCUT2D eigenvalue weighted by Gasteiger charge is -2.25. The van der Waals surface area contributed by atoms with Crippen LogP contribution in [0.15, 0.2) is 66.2 Å². The van der Waals surface area contributed by atoms with Gasteiger partial charge in [0.25, 0.3) is 11.7 Å². The number of nitrogens with zero attached hydrogens (tertiary/aromatic N) is 1. The van der Waals surface area contributed by atoms with Gasteiger partial charge in [-0.1, -0.05) is 24.3 Å². The number of aliphatic hydroxyl groups excluding tert-OH is 1. The molecule has 1 aliphatic rings. The molecule has 1 fully saturated rings. The van der Waals surface area contributed by atoms with Crippen LogP contribution in [-0.2, 0) is 9.59 Å². The first kappa shape index (κ1) is 22.2. The molecule has 1 heterocycles. The summed E-state index contributed by atoms with van der Waals surface area (Å²) in [6, 6.07) is 12.9. The molecule has 1 N–H and O–H groups in total. The van der Waals surface area contributed by atoms with Crippen LogP contribution in [0.3, 0.4) is 0 Å². The molecule has 33 heavy (non-hydrogen) atoms. The summed E-state index contributed by atoms with van der Waals surface area (Å²) < 4.78 is 33.1. The number of ketones is 1. The maximum absolute atomic E-state index is 14.0. The quantitative estimate of drug-likeness (QED) is 0.337. The second-order valence-electron chi connectivity index (χ2n) is 7.86. The first-order chi connectivity index (χ1) is 15.7. The van der Waals surface area contributed by atoms with Gasteiger partial charge in [-0.3, -0.25) is 14.5 Å². The van der Waals surface area contributed by atoms with E-state index in [1.807, 2.05) is 13.0 Å². The lowest BCUT2D eigenvalue weighted by atomic mass is 9.93. The van der Waals surface area contributed by atoms with Gasteiger partial charge in [-0.05, 0) is 66.9 Å². The fourth-order valence-electron chi connectivity index (χ4n) is 4.23. The van der Waals surface area contributed by atoms with Gasteiger partial charge in [0, 0.05) is 5.69 Å². The molecule has 1 atom stereocenters. The third-order valence-corrected chi connectivity index (χ3v) is 5.59. The van der Waals surface area contributed by atoms with Crippen LogP contribution in [0.2, 0.25) is 0 Å². The summed E-state index contributed by atoms with van der Waals surface area (Å²) in [5.41, 5.74) is 2.12. The Hall–Kier alpha value is -4.00. The topological polar surface area (TPSA) is 66.8 Å². The highest BCUT2D eigenvalue weighted by atomic mass is 19.1. The van der Waals surface area contributed by atoms with Crippen molar-refractivity contribution in [3.63, 3.8) is 0 Å². The molecule has 7 heteroatoms. The molecule has 3 aromatic carbocycles. The zero-order valence-corrected chi connectivity index (χ0v) is 18.2. The summed E-state index contributed by atoms with van der Waals surface area (Å²) in [7, 11) is 1.44. The molecular weight excluding hydrogens is 428 g/mol. The van der Waals surface area contributed by atoms with Crippen molar-refractivity contribution in [3.8, 4) is 5.75 Å². The number of hydrogen-bond donors (Lipinski definition) is 1. The first-order valence-electron chi connectivity index (χ1n) is 10.2. The summed E-state index contributed by atoms with van der Waals surface area (Å²) in [6.07, 6.45) is 0. The smallest absolute Gasteiger partial charge is 0.300 e. The number of anilines is 1. The number of amides is 1. The van der Waals surface area contributed by atoms with E-state index in [1.165, 1.54) is 49.6 Å². The van der Waals surface area contributed by atoms with Crippen molar-refractivity contribution >= 4 is 23.1 Å². The number of aryl methyl sites for hydroxylation is 2. The van der Waals surface area contributed by atoms with Gasteiger partial charge in [0.2, 0.25) is 0 Å². The lowest BCUT2D eigenvalue weighted by molar-refractivity contribution is -0.132. The second kappa shape index (κ2) is 8.50. The number of benzene rings is 3. The van der Waals surface area contributed by atoms with E-state index >= 15 is 0 Å². The number of methoxy groups -OCH3 is 1. The molecule has 0 aromatic heterocycles. The number of hydrogen-bond acceptors (Lipinski definition) is 4. The van der Waals surface area contributed by atoms with Crippen LogP contribution >= 0.6 is 0 Å². The van der Waals surface area contributed by atoms with Gasteiger partial charge in [-0.15, -0.1) is 0 Å². The van der Waals surface area contributed by atoms with Crippen LogP contribution in [0, 0.1) is 25.5 Å². The average Bonchev–Trinajstić information content (AvgIpc) is 3.04. The zero-order chi connectivity index (χ0) is 23.9. The van der Waals surface area contributed by atoms with Crippen molar-refractivity contribution in [3.05, 3.63) is 100 Å². The number of carbonyl (C=O) groups excluding carboxylic acids is 2. The zero-order valence-electron chi connectivity index (χ0n) is 18.2. The highest BCUT2D eigenvalue weighted by molar-refractivity contribution is 6.51. The Morgan fingerprint density at radius 1 is 0.970 bits per heavy atom. The molecule has 0 radical (unpaired) electrons. The third kappa shape index (κ3) is 3.86. The maximum Gasteiger partial charge on any atom is 0.300 e. The molecule has 4 rings (SSSR count). The fraction of sp³-hybridized carbons (Fsp3) is 0.154. The Morgan fingerprint density at radius 2 is 1.67 bits per heavy atom. The number of Topliss-reactive ketones (excluding diaryl/α,β-unsaturated/α-hetero) is 1. The molecule has 1 unspecified atom stereocenters. The van der Waals surface area contributed by atoms with E-state index in [9.17, 15) is 23.5 Å². The van der Waals surface area contributed by atoms with Gasteiger partial charge in [-0.25, -0.2) is 8.78 Å². The Morgan fingerprint density at radius 3 is 2.30 bits per heavy atom. The normalized spacial score (nSPS) is 17.5. The molecule has 1 saturated heterocycles. The molecule has 0 aliphatic carbocycles. The molecule has 0 bridgehead atoms. The van der Waals surface area contributed by atoms with Crippen molar-refractivity contribution in [2.45, 2.75) is 19.9 Å². The van der Waals surface area contributed by atoms with Crippen molar-refractivity contribution in [1.29, 1.82) is 0 Å². The number of rotatable bonds is 4. The van der Waals surface area contributed by atoms with E-state index in [1.54, 1.807) is 13.0 Å². The van der Waals surface area contributed by atoms with Crippen LogP contribution in [0.1, 0.15) is 28.3 Å². The van der Waals surface area contributed by atoms with E-state index < -0.39 is 35.1 Å². The fourth-order valence-corrected chi connectivity index (χ4v) is 4.23. The van der Waals surface area contributed by atoms with Crippen LogP contribution in [0.5, 0.6) is 5.75 Å². The minimum Gasteiger partial charge on any atom is -0.507 e. The standard InChI is InChI=1S/C26H21F2NO4/c1-14-11-15(2)25(33-3)20(12-14)23(30)21-22(16-7-9-17(27)10-8-16)29(26(32)24(21)31)19-6-4-5-18(28)13-19/h4-13,22,30H,1-3H3/b23-21+. The molecule has 0 spiro atoms. The summed E-state index contributed by atoms with van der Waals surface area (Å²) in [4.78, 5) is 27.4. The molecule has 5 nitrogen and oxygen atoms in total. The molecular formula is C26H21F2NO4. The van der Waals surface area contributed by atoms with Crippen molar-refractivity contribution < 1.29 is 28.2 Å². The largest absolute Gasteiger partial charge is 0.507 e. The van der Waals surface area contributed by atoms with Gasteiger partial charge >= 0.3 is 0 Å². The van der Waals surface area contributed by atoms with E-state index in [4.69, 9.17) is 4.74 Å². The predicted molar refractivity (Wildman–Crippen MR) is 120 cm³/mol. The molecule has 3 aromatic rings. The number of ether oxygens (including phenoxy) is 1. The maximum atomic E-state index is 14.0. The molecule has 1 aliphatic heterocycles. The van der Waals surface area contributed by atoms with E-state index in [-0.39, 0.29) is 16.8 Å². The van der Waals surface area contributed by atoms with Gasteiger partial charge in [-0.2, -0.15) is 0 Å². The van der Waals surface area contributed by atoms with Crippen LogP contribution in [0.25, 0.3) is 5.76 Å². The lowest BCUT2D eigenvalue weighted by Crippen LogP contribution is -2.29. The van der Waals surface area contributed by atoms with Gasteiger partial charge in [0.15, 0.2) is 0 Å². The van der Waals surface area contributed by atoms with Crippen molar-refractivity contribution in [2.75, 3.05) is 12.0 Å². The van der Waals surface area contributed by atoms with Gasteiger partial charge < -0.3 is 9.84 Å². The summed E-state index contributed by atoms with van der Waals surface area (Å²) in [5, 5.41) is 11.3. The Bertz CT molecular complexity index is 1300. The van der Waals surface area contributed by atoms with Gasteiger partial charge in [0.1, 0.15) is 23.1 Å². The molecule has 168 valence electrons. The van der Waals surface area contributed by atoms with E-state index in [0.717, 1.165) is 22.1 Å². The van der Waals surface area contributed by atoms with E-state index in [0.29, 0.717) is 11.3 Å². The third-order valence-electron chi connectivity index (χ3n) is 5.59. The van der Waals surface area contributed by atoms with Crippen molar-refractivity contribution in [2.24, 2.45) is 0 Å². The minimum atomic E-state index is -1.10. The monoisotopic (exact) mass is 449 g/mol. The number of halogens is 2. The average molecular weight is 449 g/mol. The van der Waals surface area contributed by atoms with Crippen LogP contribution in [0.4, 0.5) is 14.5 Å². The Kier molecular flexibility index (Phi) is 5.72. The Labute approximate surface area is 189 Å².